The second-order valence-electron chi connectivity index (χ2n) is 3.83. The molecule has 4 nitrogen and oxygen atoms in total. The van der Waals surface area contributed by atoms with Crippen LogP contribution in [0, 0.1) is 0 Å². The SMILES string of the molecule is CCCCOCCN1CCC1C(=O)OC. The molecule has 0 radical (unpaired) electrons. The van der Waals surface area contributed by atoms with Crippen molar-refractivity contribution in [3.05, 3.63) is 0 Å². The second kappa shape index (κ2) is 6.80. The molecule has 0 saturated carbocycles. The van der Waals surface area contributed by atoms with E-state index >= 15 is 0 Å². The second-order valence-corrected chi connectivity index (χ2v) is 3.83. The quantitative estimate of drug-likeness (QED) is 0.470. The van der Waals surface area contributed by atoms with Gasteiger partial charge in [-0.15, -0.1) is 0 Å². The van der Waals surface area contributed by atoms with Crippen LogP contribution in [-0.2, 0) is 14.3 Å². The highest BCUT2D eigenvalue weighted by atomic mass is 16.5. The maximum Gasteiger partial charge on any atom is 0.323 e. The van der Waals surface area contributed by atoms with Crippen LogP contribution in [0.3, 0.4) is 0 Å². The summed E-state index contributed by atoms with van der Waals surface area (Å²) in [6.07, 6.45) is 3.19. The normalized spacial score (nSPS) is 21.1. The smallest absolute Gasteiger partial charge is 0.323 e. The van der Waals surface area contributed by atoms with Crippen molar-refractivity contribution in [1.82, 2.24) is 4.90 Å². The van der Waals surface area contributed by atoms with Crippen molar-refractivity contribution in [2.24, 2.45) is 0 Å². The summed E-state index contributed by atoms with van der Waals surface area (Å²) < 4.78 is 10.2. The Balaban J connectivity index is 2.04. The summed E-state index contributed by atoms with van der Waals surface area (Å²) in [7, 11) is 1.44. The minimum absolute atomic E-state index is 0.0234. The third kappa shape index (κ3) is 3.80. The number of rotatable bonds is 7. The summed E-state index contributed by atoms with van der Waals surface area (Å²) in [5.74, 6) is -0.116. The summed E-state index contributed by atoms with van der Waals surface area (Å²) >= 11 is 0. The number of nitrogens with zero attached hydrogens (tertiary/aromatic N) is 1. The van der Waals surface area contributed by atoms with E-state index in [1.807, 2.05) is 0 Å². The standard InChI is InChI=1S/C11H21NO3/c1-3-4-8-15-9-7-12-6-5-10(12)11(13)14-2/h10H,3-9H2,1-2H3. The summed E-state index contributed by atoms with van der Waals surface area (Å²) in [6, 6.07) is -0.0234. The molecule has 4 heteroatoms. The van der Waals surface area contributed by atoms with Gasteiger partial charge >= 0.3 is 5.97 Å². The average Bonchev–Trinajstić information content (AvgIpc) is 2.21. The van der Waals surface area contributed by atoms with Crippen molar-refractivity contribution in [3.8, 4) is 0 Å². The Labute approximate surface area is 91.5 Å². The number of methoxy groups -OCH3 is 1. The van der Waals surface area contributed by atoms with Crippen LogP contribution in [0.4, 0.5) is 0 Å². The number of ether oxygens (including phenoxy) is 2. The number of hydrogen-bond donors (Lipinski definition) is 0. The van der Waals surface area contributed by atoms with Crippen LogP contribution in [0.2, 0.25) is 0 Å². The molecule has 15 heavy (non-hydrogen) atoms. The lowest BCUT2D eigenvalue weighted by atomic mass is 10.0. The van der Waals surface area contributed by atoms with Crippen LogP contribution in [0.1, 0.15) is 26.2 Å². The van der Waals surface area contributed by atoms with Gasteiger partial charge in [0.05, 0.1) is 13.7 Å². The van der Waals surface area contributed by atoms with Crippen molar-refractivity contribution in [2.45, 2.75) is 32.2 Å². The minimum atomic E-state index is -0.116. The molecule has 0 aromatic heterocycles. The third-order valence-electron chi connectivity index (χ3n) is 2.77. The summed E-state index contributed by atoms with van der Waals surface area (Å²) in [4.78, 5) is 13.3. The van der Waals surface area contributed by atoms with Crippen molar-refractivity contribution in [3.63, 3.8) is 0 Å². The number of likely N-dealkylation sites (tertiary alicyclic amines) is 1. The number of unbranched alkanes of at least 4 members (excludes halogenated alkanes) is 1. The predicted octanol–water partition coefficient (Wildman–Crippen LogP) is 1.05. The van der Waals surface area contributed by atoms with Crippen molar-refractivity contribution < 1.29 is 14.3 Å². The molecule has 0 spiro atoms. The fraction of sp³-hybridized carbons (Fsp3) is 0.909. The van der Waals surface area contributed by atoms with Crippen LogP contribution in [0.25, 0.3) is 0 Å². The fourth-order valence-electron chi connectivity index (χ4n) is 1.64. The molecule has 0 aromatic rings. The van der Waals surface area contributed by atoms with E-state index in [0.29, 0.717) is 6.61 Å². The third-order valence-corrected chi connectivity index (χ3v) is 2.77. The Morgan fingerprint density at radius 2 is 2.27 bits per heavy atom. The number of esters is 1. The molecule has 88 valence electrons. The van der Waals surface area contributed by atoms with E-state index in [9.17, 15) is 4.79 Å². The molecule has 0 aromatic carbocycles. The van der Waals surface area contributed by atoms with E-state index in [1.54, 1.807) is 0 Å². The first-order chi connectivity index (χ1) is 7.29. The monoisotopic (exact) mass is 215 g/mol. The Hall–Kier alpha value is -0.610. The lowest BCUT2D eigenvalue weighted by Crippen LogP contribution is -2.53. The maximum absolute atomic E-state index is 11.2. The number of carbonyl (C=O) groups is 1. The van der Waals surface area contributed by atoms with Crippen molar-refractivity contribution in [2.75, 3.05) is 33.4 Å². The topological polar surface area (TPSA) is 38.8 Å². The molecule has 1 atom stereocenters. The van der Waals surface area contributed by atoms with Gasteiger partial charge in [-0.25, -0.2) is 0 Å². The molecule has 1 saturated heterocycles. The Morgan fingerprint density at radius 1 is 1.47 bits per heavy atom. The van der Waals surface area contributed by atoms with Gasteiger partial charge in [0.25, 0.3) is 0 Å². The molecular formula is C11H21NO3. The zero-order valence-corrected chi connectivity index (χ0v) is 9.70. The van der Waals surface area contributed by atoms with Crippen LogP contribution < -0.4 is 0 Å². The van der Waals surface area contributed by atoms with Gasteiger partial charge in [-0.2, -0.15) is 0 Å². The number of carbonyl (C=O) groups excluding carboxylic acids is 1. The minimum Gasteiger partial charge on any atom is -0.468 e. The molecule has 1 fully saturated rings. The van der Waals surface area contributed by atoms with Crippen LogP contribution in [0.15, 0.2) is 0 Å². The van der Waals surface area contributed by atoms with Crippen molar-refractivity contribution in [1.29, 1.82) is 0 Å². The average molecular weight is 215 g/mol. The van der Waals surface area contributed by atoms with E-state index in [1.165, 1.54) is 7.11 Å². The zero-order chi connectivity index (χ0) is 11.1. The first-order valence-corrected chi connectivity index (χ1v) is 5.69. The first kappa shape index (κ1) is 12.5. The van der Waals surface area contributed by atoms with Gasteiger partial charge < -0.3 is 9.47 Å². The lowest BCUT2D eigenvalue weighted by molar-refractivity contribution is -0.152. The Bertz CT molecular complexity index is 196. The first-order valence-electron chi connectivity index (χ1n) is 5.69. The van der Waals surface area contributed by atoms with Gasteiger partial charge in [0.2, 0.25) is 0 Å². The largest absolute Gasteiger partial charge is 0.468 e. The number of hydrogen-bond acceptors (Lipinski definition) is 4. The van der Waals surface area contributed by atoms with Crippen LogP contribution in [-0.4, -0.2) is 50.3 Å². The molecule has 0 amide bonds. The van der Waals surface area contributed by atoms with Gasteiger partial charge in [-0.3, -0.25) is 9.69 Å². The van der Waals surface area contributed by atoms with E-state index in [-0.39, 0.29) is 12.0 Å². The predicted molar refractivity (Wildman–Crippen MR) is 57.7 cm³/mol. The van der Waals surface area contributed by atoms with E-state index in [2.05, 4.69) is 11.8 Å². The molecule has 1 rings (SSSR count). The fourth-order valence-corrected chi connectivity index (χ4v) is 1.64. The zero-order valence-electron chi connectivity index (χ0n) is 9.70. The maximum atomic E-state index is 11.2. The van der Waals surface area contributed by atoms with Gasteiger partial charge in [0.1, 0.15) is 6.04 Å². The summed E-state index contributed by atoms with van der Waals surface area (Å²) in [6.45, 7) is 5.51. The van der Waals surface area contributed by atoms with Crippen LogP contribution in [0.5, 0.6) is 0 Å². The molecule has 0 aliphatic carbocycles. The molecule has 1 heterocycles. The molecule has 1 aliphatic heterocycles. The molecule has 1 unspecified atom stereocenters. The van der Waals surface area contributed by atoms with E-state index in [4.69, 9.17) is 9.47 Å². The highest BCUT2D eigenvalue weighted by Crippen LogP contribution is 2.17. The molecule has 0 N–H and O–H groups in total. The van der Waals surface area contributed by atoms with Gasteiger partial charge in [-0.1, -0.05) is 13.3 Å². The Kier molecular flexibility index (Phi) is 5.65. The lowest BCUT2D eigenvalue weighted by Gasteiger charge is -2.38. The van der Waals surface area contributed by atoms with Gasteiger partial charge in [-0.05, 0) is 12.8 Å². The molecular weight excluding hydrogens is 194 g/mol. The summed E-state index contributed by atoms with van der Waals surface area (Å²) in [5.41, 5.74) is 0. The van der Waals surface area contributed by atoms with Crippen LogP contribution >= 0.6 is 0 Å². The summed E-state index contributed by atoms with van der Waals surface area (Å²) in [5, 5.41) is 0. The highest BCUT2D eigenvalue weighted by molar-refractivity contribution is 5.76. The molecule has 0 bridgehead atoms. The highest BCUT2D eigenvalue weighted by Gasteiger charge is 2.34. The van der Waals surface area contributed by atoms with E-state index in [0.717, 1.165) is 39.0 Å². The van der Waals surface area contributed by atoms with Gasteiger partial charge in [0, 0.05) is 19.7 Å². The molecule has 1 aliphatic rings. The van der Waals surface area contributed by atoms with E-state index < -0.39 is 0 Å². The Morgan fingerprint density at radius 3 is 2.80 bits per heavy atom. The van der Waals surface area contributed by atoms with Gasteiger partial charge in [0.15, 0.2) is 0 Å². The van der Waals surface area contributed by atoms with Crippen molar-refractivity contribution >= 4 is 5.97 Å².